The van der Waals surface area contributed by atoms with Crippen molar-refractivity contribution in [2.75, 3.05) is 47.5 Å². The number of methoxy groups -OCH3 is 3. The minimum atomic E-state index is -1.82. The standard InChI is InChI=1S/C22H34N2O4.C2H2O4/c1-7-24(14-16(2)3)22(25)18-8-10-23(11-9-18)15-17-12-19(26-4)21(28-6)20(13-17)27-5;3-1(4)2(5)6/h12-13,18H,2,7-11,14-15H2,1,3-6H3;(H,3,4)(H,5,6). The molecule has 190 valence electrons. The number of carbonyl (C=O) groups is 3. The van der Waals surface area contributed by atoms with Crippen LogP contribution in [0.3, 0.4) is 0 Å². The summed E-state index contributed by atoms with van der Waals surface area (Å²) < 4.78 is 16.3. The number of amides is 1. The SMILES string of the molecule is C=C(C)CN(CC)C(=O)C1CCN(Cc2cc(OC)c(OC)c(OC)c2)CC1.O=C(O)C(=O)O. The normalized spacial score (nSPS) is 13.8. The van der Waals surface area contributed by atoms with Crippen molar-refractivity contribution in [3.05, 3.63) is 29.8 Å². The predicted octanol–water partition coefficient (Wildman–Crippen LogP) is 2.50. The van der Waals surface area contributed by atoms with Gasteiger partial charge in [-0.2, -0.15) is 0 Å². The zero-order valence-electron chi connectivity index (χ0n) is 20.6. The van der Waals surface area contributed by atoms with Crippen molar-refractivity contribution in [3.8, 4) is 17.2 Å². The van der Waals surface area contributed by atoms with Gasteiger partial charge >= 0.3 is 11.9 Å². The fraction of sp³-hybridized carbons (Fsp3) is 0.542. The molecule has 0 aromatic heterocycles. The number of carboxylic acids is 2. The minimum absolute atomic E-state index is 0.107. The van der Waals surface area contributed by atoms with Crippen LogP contribution in [0.2, 0.25) is 0 Å². The first-order valence-electron chi connectivity index (χ1n) is 11.0. The number of benzene rings is 1. The summed E-state index contributed by atoms with van der Waals surface area (Å²) in [6.07, 6.45) is 1.77. The van der Waals surface area contributed by atoms with E-state index in [2.05, 4.69) is 11.5 Å². The van der Waals surface area contributed by atoms with Gasteiger partial charge in [-0.1, -0.05) is 12.2 Å². The van der Waals surface area contributed by atoms with E-state index in [9.17, 15) is 4.79 Å². The maximum absolute atomic E-state index is 12.8. The van der Waals surface area contributed by atoms with Crippen LogP contribution in [0.4, 0.5) is 0 Å². The number of carbonyl (C=O) groups excluding carboxylic acids is 1. The summed E-state index contributed by atoms with van der Waals surface area (Å²) in [5, 5.41) is 14.8. The molecule has 2 rings (SSSR count). The molecule has 0 bridgehead atoms. The first kappa shape index (κ1) is 28.8. The average Bonchev–Trinajstić information content (AvgIpc) is 2.82. The van der Waals surface area contributed by atoms with Gasteiger partial charge in [0, 0.05) is 25.6 Å². The number of ether oxygens (including phenoxy) is 3. The second-order valence-electron chi connectivity index (χ2n) is 8.00. The molecular formula is C24H36N2O8. The maximum Gasteiger partial charge on any atom is 0.414 e. The fourth-order valence-corrected chi connectivity index (χ4v) is 3.75. The topological polar surface area (TPSA) is 126 Å². The Kier molecular flexibility index (Phi) is 11.9. The lowest BCUT2D eigenvalue weighted by atomic mass is 9.94. The zero-order chi connectivity index (χ0) is 25.8. The van der Waals surface area contributed by atoms with Crippen molar-refractivity contribution in [1.82, 2.24) is 9.80 Å². The van der Waals surface area contributed by atoms with Crippen LogP contribution in [0.1, 0.15) is 32.3 Å². The summed E-state index contributed by atoms with van der Waals surface area (Å²) in [5.41, 5.74) is 2.13. The van der Waals surface area contributed by atoms with Crippen molar-refractivity contribution in [3.63, 3.8) is 0 Å². The Morgan fingerprint density at radius 3 is 1.88 bits per heavy atom. The number of nitrogens with zero attached hydrogens (tertiary/aromatic N) is 2. The van der Waals surface area contributed by atoms with Crippen molar-refractivity contribution in [2.24, 2.45) is 5.92 Å². The number of carboxylic acid groups (broad SMARTS) is 2. The Morgan fingerprint density at radius 1 is 1.03 bits per heavy atom. The van der Waals surface area contributed by atoms with Gasteiger partial charge in [0.05, 0.1) is 21.3 Å². The van der Waals surface area contributed by atoms with E-state index in [1.165, 1.54) is 0 Å². The molecule has 1 heterocycles. The van der Waals surface area contributed by atoms with E-state index in [1.807, 2.05) is 30.9 Å². The van der Waals surface area contributed by atoms with Gasteiger partial charge in [0.2, 0.25) is 11.7 Å². The molecule has 0 radical (unpaired) electrons. The van der Waals surface area contributed by atoms with Gasteiger partial charge in [-0.15, -0.1) is 0 Å². The largest absolute Gasteiger partial charge is 0.493 e. The first-order valence-corrected chi connectivity index (χ1v) is 11.0. The van der Waals surface area contributed by atoms with Crippen LogP contribution >= 0.6 is 0 Å². The molecule has 0 saturated carbocycles. The van der Waals surface area contributed by atoms with Crippen LogP contribution in [0, 0.1) is 5.92 Å². The lowest BCUT2D eigenvalue weighted by Gasteiger charge is -2.34. The third-order valence-corrected chi connectivity index (χ3v) is 5.40. The lowest BCUT2D eigenvalue weighted by Crippen LogP contribution is -2.42. The Bertz CT molecular complexity index is 826. The van der Waals surface area contributed by atoms with Gasteiger partial charge in [-0.25, -0.2) is 9.59 Å². The fourth-order valence-electron chi connectivity index (χ4n) is 3.75. The molecule has 10 nitrogen and oxygen atoms in total. The number of likely N-dealkylation sites (tertiary alicyclic amines) is 1. The summed E-state index contributed by atoms with van der Waals surface area (Å²) in [7, 11) is 4.86. The molecule has 1 aliphatic rings. The van der Waals surface area contributed by atoms with Gasteiger partial charge in [-0.3, -0.25) is 9.69 Å². The van der Waals surface area contributed by atoms with Crippen LogP contribution in [0.25, 0.3) is 0 Å². The van der Waals surface area contributed by atoms with E-state index >= 15 is 0 Å². The highest BCUT2D eigenvalue weighted by molar-refractivity contribution is 6.27. The monoisotopic (exact) mass is 480 g/mol. The van der Waals surface area contributed by atoms with Crippen LogP contribution in [-0.4, -0.2) is 85.4 Å². The summed E-state index contributed by atoms with van der Waals surface area (Å²) in [6.45, 7) is 11.9. The molecule has 0 spiro atoms. The summed E-state index contributed by atoms with van der Waals surface area (Å²) >= 11 is 0. The van der Waals surface area contributed by atoms with E-state index < -0.39 is 11.9 Å². The molecule has 1 saturated heterocycles. The smallest absolute Gasteiger partial charge is 0.414 e. The second kappa shape index (κ2) is 14.1. The van der Waals surface area contributed by atoms with Crippen LogP contribution < -0.4 is 14.2 Å². The third kappa shape index (κ3) is 8.58. The van der Waals surface area contributed by atoms with E-state index in [4.69, 9.17) is 34.0 Å². The molecule has 1 amide bonds. The van der Waals surface area contributed by atoms with Crippen molar-refractivity contribution < 1.29 is 38.8 Å². The highest BCUT2D eigenvalue weighted by Gasteiger charge is 2.28. The Labute approximate surface area is 200 Å². The van der Waals surface area contributed by atoms with E-state index in [1.54, 1.807) is 21.3 Å². The molecule has 1 fully saturated rings. The molecular weight excluding hydrogens is 444 g/mol. The Hall–Kier alpha value is -3.27. The highest BCUT2D eigenvalue weighted by atomic mass is 16.5. The van der Waals surface area contributed by atoms with Crippen LogP contribution in [0.5, 0.6) is 17.2 Å². The van der Waals surface area contributed by atoms with Crippen LogP contribution in [-0.2, 0) is 20.9 Å². The molecule has 2 N–H and O–H groups in total. The molecule has 1 aromatic rings. The van der Waals surface area contributed by atoms with E-state index in [0.717, 1.165) is 50.2 Å². The Morgan fingerprint density at radius 2 is 1.53 bits per heavy atom. The number of piperidine rings is 1. The molecule has 0 unspecified atom stereocenters. The molecule has 10 heteroatoms. The second-order valence-corrected chi connectivity index (χ2v) is 8.00. The molecule has 0 aliphatic carbocycles. The number of likely N-dealkylation sites (N-methyl/N-ethyl adjacent to an activating group) is 1. The number of hydrogen-bond donors (Lipinski definition) is 2. The van der Waals surface area contributed by atoms with E-state index in [-0.39, 0.29) is 11.8 Å². The zero-order valence-corrected chi connectivity index (χ0v) is 20.6. The number of aliphatic carboxylic acids is 2. The molecule has 1 aliphatic heterocycles. The number of rotatable bonds is 9. The molecule has 34 heavy (non-hydrogen) atoms. The summed E-state index contributed by atoms with van der Waals surface area (Å²) in [5.74, 6) is -1.34. The summed E-state index contributed by atoms with van der Waals surface area (Å²) in [4.78, 5) is 35.3. The maximum atomic E-state index is 12.8. The van der Waals surface area contributed by atoms with Crippen molar-refractivity contribution in [1.29, 1.82) is 0 Å². The third-order valence-electron chi connectivity index (χ3n) is 5.40. The highest BCUT2D eigenvalue weighted by Crippen LogP contribution is 2.38. The van der Waals surface area contributed by atoms with Gasteiger partial charge in [-0.05, 0) is 57.5 Å². The quantitative estimate of drug-likeness (QED) is 0.405. The van der Waals surface area contributed by atoms with Gasteiger partial charge in [0.25, 0.3) is 0 Å². The van der Waals surface area contributed by atoms with Gasteiger partial charge in [0.15, 0.2) is 11.5 Å². The summed E-state index contributed by atoms with van der Waals surface area (Å²) in [6, 6.07) is 3.98. The first-order chi connectivity index (χ1) is 16.1. The molecule has 1 aromatic carbocycles. The average molecular weight is 481 g/mol. The lowest BCUT2D eigenvalue weighted by molar-refractivity contribution is -0.159. The van der Waals surface area contributed by atoms with Crippen molar-refractivity contribution in [2.45, 2.75) is 33.2 Å². The van der Waals surface area contributed by atoms with Gasteiger partial charge < -0.3 is 29.3 Å². The Balaban J connectivity index is 0.000000852. The van der Waals surface area contributed by atoms with Crippen LogP contribution in [0.15, 0.2) is 24.3 Å². The number of hydrogen-bond acceptors (Lipinski definition) is 7. The van der Waals surface area contributed by atoms with Crippen molar-refractivity contribution >= 4 is 17.8 Å². The van der Waals surface area contributed by atoms with Gasteiger partial charge in [0.1, 0.15) is 0 Å². The minimum Gasteiger partial charge on any atom is -0.493 e. The predicted molar refractivity (Wildman–Crippen MR) is 126 cm³/mol. The van der Waals surface area contributed by atoms with E-state index in [0.29, 0.717) is 23.8 Å². The molecule has 0 atom stereocenters.